The van der Waals surface area contributed by atoms with Crippen molar-refractivity contribution in [3.05, 3.63) is 149 Å². The van der Waals surface area contributed by atoms with Gasteiger partial charge in [0.2, 0.25) is 0 Å². The number of hydrogen-bond acceptors (Lipinski definition) is 3. The van der Waals surface area contributed by atoms with Gasteiger partial charge in [0.15, 0.2) is 5.60 Å². The molecule has 0 fully saturated rings. The summed E-state index contributed by atoms with van der Waals surface area (Å²) < 4.78 is 19.3. The lowest BCUT2D eigenvalue weighted by Crippen LogP contribution is -2.35. The quantitative estimate of drug-likeness (QED) is 0.207. The molecule has 7 aromatic rings. The van der Waals surface area contributed by atoms with Crippen LogP contribution in [0.2, 0.25) is 0 Å². The van der Waals surface area contributed by atoms with Crippen LogP contribution in [0, 0.1) is 6.92 Å². The molecule has 2 aliphatic rings. The number of para-hydroxylation sites is 1. The van der Waals surface area contributed by atoms with Crippen LogP contribution in [0.5, 0.6) is 11.5 Å². The minimum Gasteiger partial charge on any atom is -0.497 e. The molecule has 0 radical (unpaired) electrons. The second-order valence-corrected chi connectivity index (χ2v) is 12.9. The molecule has 1 aliphatic heterocycles. The number of methoxy groups -OCH3 is 1. The number of furan rings is 1. The predicted octanol–water partition coefficient (Wildman–Crippen LogP) is 10.7. The molecule has 1 unspecified atom stereocenters. The van der Waals surface area contributed by atoms with Crippen molar-refractivity contribution in [2.75, 3.05) is 7.11 Å². The van der Waals surface area contributed by atoms with Crippen LogP contribution < -0.4 is 9.47 Å². The van der Waals surface area contributed by atoms with Gasteiger partial charge in [-0.3, -0.25) is 0 Å². The van der Waals surface area contributed by atoms with E-state index in [1.807, 2.05) is 24.3 Å². The first-order valence-electron chi connectivity index (χ1n) is 15.5. The summed E-state index contributed by atoms with van der Waals surface area (Å²) in [6.07, 6.45) is 4.56. The maximum Gasteiger partial charge on any atom is 0.178 e. The molecule has 0 amide bonds. The minimum absolute atomic E-state index is 0.187. The third-order valence-electron chi connectivity index (χ3n) is 10.0. The summed E-state index contributed by atoms with van der Waals surface area (Å²) in [5.41, 5.74) is 10.5. The lowest BCUT2D eigenvalue weighted by molar-refractivity contribution is 0.163. The van der Waals surface area contributed by atoms with Gasteiger partial charge in [-0.25, -0.2) is 0 Å². The second-order valence-electron chi connectivity index (χ2n) is 12.9. The van der Waals surface area contributed by atoms with E-state index in [0.29, 0.717) is 0 Å². The van der Waals surface area contributed by atoms with E-state index in [-0.39, 0.29) is 5.41 Å². The fourth-order valence-electron chi connectivity index (χ4n) is 7.82. The van der Waals surface area contributed by atoms with Crippen molar-refractivity contribution < 1.29 is 13.9 Å². The molecule has 3 heteroatoms. The zero-order valence-electron chi connectivity index (χ0n) is 25.8. The highest BCUT2D eigenvalue weighted by molar-refractivity contribution is 6.09. The number of ether oxygens (including phenoxy) is 2. The Labute approximate surface area is 262 Å². The van der Waals surface area contributed by atoms with Crippen molar-refractivity contribution in [2.24, 2.45) is 0 Å². The van der Waals surface area contributed by atoms with Gasteiger partial charge in [-0.15, -0.1) is 0 Å². The Bertz CT molecular complexity index is 2370. The summed E-state index contributed by atoms with van der Waals surface area (Å²) in [5.74, 6) is 1.72. The lowest BCUT2D eigenvalue weighted by atomic mass is 9.76. The first kappa shape index (κ1) is 26.2. The number of benzene rings is 6. The van der Waals surface area contributed by atoms with Gasteiger partial charge < -0.3 is 13.9 Å². The van der Waals surface area contributed by atoms with E-state index in [1.165, 1.54) is 33.2 Å². The maximum absolute atomic E-state index is 7.50. The molecule has 45 heavy (non-hydrogen) atoms. The number of rotatable bonds is 3. The Morgan fingerprint density at radius 1 is 0.667 bits per heavy atom. The third-order valence-corrected chi connectivity index (χ3v) is 10.0. The monoisotopic (exact) mass is 584 g/mol. The van der Waals surface area contributed by atoms with Crippen molar-refractivity contribution in [2.45, 2.75) is 31.8 Å². The van der Waals surface area contributed by atoms with Crippen molar-refractivity contribution in [3.63, 3.8) is 0 Å². The van der Waals surface area contributed by atoms with Crippen molar-refractivity contribution in [1.29, 1.82) is 0 Å². The van der Waals surface area contributed by atoms with Crippen molar-refractivity contribution in [1.82, 2.24) is 0 Å². The normalized spacial score (nSPS) is 17.7. The number of fused-ring (bicyclic) bond motifs is 11. The summed E-state index contributed by atoms with van der Waals surface area (Å²) in [6.45, 7) is 6.88. The predicted molar refractivity (Wildman–Crippen MR) is 183 cm³/mol. The molecule has 3 nitrogen and oxygen atoms in total. The maximum atomic E-state index is 7.50. The Morgan fingerprint density at radius 2 is 1.38 bits per heavy atom. The zero-order valence-corrected chi connectivity index (χ0v) is 25.8. The Kier molecular flexibility index (Phi) is 5.30. The highest BCUT2D eigenvalue weighted by Crippen LogP contribution is 2.58. The van der Waals surface area contributed by atoms with Crippen LogP contribution in [0.25, 0.3) is 49.9 Å². The van der Waals surface area contributed by atoms with E-state index in [1.54, 1.807) is 7.11 Å². The van der Waals surface area contributed by atoms with Crippen molar-refractivity contribution in [3.8, 4) is 22.6 Å². The molecule has 9 rings (SSSR count). The van der Waals surface area contributed by atoms with Crippen LogP contribution >= 0.6 is 0 Å². The van der Waals surface area contributed by atoms with Crippen LogP contribution in [-0.2, 0) is 11.0 Å². The van der Waals surface area contributed by atoms with Crippen LogP contribution in [0.4, 0.5) is 0 Å². The van der Waals surface area contributed by atoms with Crippen LogP contribution in [-0.4, -0.2) is 7.11 Å². The summed E-state index contributed by atoms with van der Waals surface area (Å²) in [4.78, 5) is 0. The molecule has 2 heterocycles. The average molecular weight is 585 g/mol. The molecule has 6 aromatic carbocycles. The van der Waals surface area contributed by atoms with E-state index in [0.717, 1.165) is 55.5 Å². The number of hydrogen-bond donors (Lipinski definition) is 0. The Morgan fingerprint density at radius 3 is 2.18 bits per heavy atom. The molecule has 1 aromatic heterocycles. The largest absolute Gasteiger partial charge is 0.497 e. The number of aryl methyl sites for hydroxylation is 1. The Balaban J connectivity index is 1.34. The highest BCUT2D eigenvalue weighted by atomic mass is 16.5. The SMILES string of the molecule is COc1ccc(C2(c3ccc4oc5ccccc5c4c3)C=Cc3c4c(c5ccccc5c3O2)-c2ccc(C)cc2C4(C)C)cc1. The topological polar surface area (TPSA) is 31.6 Å². The molecular formula is C42H32O3. The van der Waals surface area contributed by atoms with Gasteiger partial charge in [0, 0.05) is 38.3 Å². The minimum atomic E-state index is -0.880. The zero-order chi connectivity index (χ0) is 30.5. The summed E-state index contributed by atoms with van der Waals surface area (Å²) in [5, 5.41) is 4.51. The molecule has 0 saturated heterocycles. The molecule has 1 aliphatic carbocycles. The van der Waals surface area contributed by atoms with Gasteiger partial charge in [0.1, 0.15) is 22.7 Å². The first-order valence-corrected chi connectivity index (χ1v) is 15.5. The summed E-state index contributed by atoms with van der Waals surface area (Å²) >= 11 is 0. The lowest BCUT2D eigenvalue weighted by Gasteiger charge is -2.38. The summed E-state index contributed by atoms with van der Waals surface area (Å²) in [6, 6.07) is 38.5. The van der Waals surface area contributed by atoms with Gasteiger partial charge in [0.05, 0.1) is 7.11 Å². The first-order chi connectivity index (χ1) is 21.9. The van der Waals surface area contributed by atoms with E-state index in [2.05, 4.69) is 118 Å². The molecule has 0 N–H and O–H groups in total. The Hall–Kier alpha value is -5.28. The summed E-state index contributed by atoms with van der Waals surface area (Å²) in [7, 11) is 1.70. The molecule has 0 bridgehead atoms. The van der Waals surface area contributed by atoms with Crippen LogP contribution in [0.15, 0.2) is 120 Å². The average Bonchev–Trinajstić information content (AvgIpc) is 3.56. The molecule has 1 atom stereocenters. The van der Waals surface area contributed by atoms with Crippen molar-refractivity contribution >= 4 is 38.8 Å². The van der Waals surface area contributed by atoms with Gasteiger partial charge in [0.25, 0.3) is 0 Å². The highest BCUT2D eigenvalue weighted by Gasteiger charge is 2.44. The third kappa shape index (κ3) is 3.52. The molecular weight excluding hydrogens is 552 g/mol. The fourth-order valence-corrected chi connectivity index (χ4v) is 7.82. The van der Waals surface area contributed by atoms with Crippen LogP contribution in [0.3, 0.4) is 0 Å². The van der Waals surface area contributed by atoms with E-state index in [9.17, 15) is 0 Å². The van der Waals surface area contributed by atoms with Gasteiger partial charge in [-0.2, -0.15) is 0 Å². The van der Waals surface area contributed by atoms with E-state index < -0.39 is 5.60 Å². The molecule has 218 valence electrons. The smallest absolute Gasteiger partial charge is 0.178 e. The van der Waals surface area contributed by atoms with E-state index >= 15 is 0 Å². The standard InChI is InChI=1S/C42H32O3/c1-25-13-19-32-35(23-25)41(2,3)39-33-21-22-42(26-14-17-28(43-4)18-15-26,45-40(33)31-11-6-5-10-30(31)38(32)39)27-16-20-37-34(24-27)29-9-7-8-12-36(29)44-37/h5-24H,1-4H3. The van der Waals surface area contributed by atoms with Gasteiger partial charge in [-0.1, -0.05) is 104 Å². The second kappa shape index (κ2) is 9.12. The molecule has 0 saturated carbocycles. The fraction of sp³-hybridized carbons (Fsp3) is 0.143. The van der Waals surface area contributed by atoms with E-state index in [4.69, 9.17) is 13.9 Å². The van der Waals surface area contributed by atoms with Crippen LogP contribution in [0.1, 0.15) is 47.2 Å². The molecule has 0 spiro atoms. The van der Waals surface area contributed by atoms with Gasteiger partial charge >= 0.3 is 0 Å². The van der Waals surface area contributed by atoms with Gasteiger partial charge in [-0.05, 0) is 71.0 Å².